The van der Waals surface area contributed by atoms with E-state index < -0.39 is 0 Å². The number of aromatic nitrogens is 1. The van der Waals surface area contributed by atoms with Crippen LogP contribution in [-0.2, 0) is 16.0 Å². The van der Waals surface area contributed by atoms with Gasteiger partial charge in [-0.1, -0.05) is 18.2 Å². The zero-order chi connectivity index (χ0) is 20.1. The third kappa shape index (κ3) is 4.69. The lowest BCUT2D eigenvalue weighted by molar-refractivity contribution is -0.120. The Morgan fingerprint density at radius 1 is 1.39 bits per heavy atom. The normalized spacial score (nSPS) is 15.1. The fourth-order valence-corrected chi connectivity index (χ4v) is 4.17. The largest absolute Gasteiger partial charge is 0.496 e. The van der Waals surface area contributed by atoms with Gasteiger partial charge in [-0.15, -0.1) is 11.3 Å². The first-order valence-corrected chi connectivity index (χ1v) is 10.2. The SMILES string of the molecule is COc1ccccc1C(CNC(=O)Cc1csc(N2CCCC2=O)n1)N(C)C. The Bertz CT molecular complexity index is 836. The molecule has 0 aliphatic carbocycles. The molecule has 1 unspecified atom stereocenters. The van der Waals surface area contributed by atoms with Gasteiger partial charge in [0.05, 0.1) is 25.3 Å². The van der Waals surface area contributed by atoms with Gasteiger partial charge in [-0.25, -0.2) is 4.98 Å². The average molecular weight is 403 g/mol. The zero-order valence-corrected chi connectivity index (χ0v) is 17.3. The van der Waals surface area contributed by atoms with Crippen molar-refractivity contribution in [2.24, 2.45) is 0 Å². The van der Waals surface area contributed by atoms with E-state index in [1.54, 1.807) is 12.0 Å². The van der Waals surface area contributed by atoms with Gasteiger partial charge in [0.15, 0.2) is 5.13 Å². The van der Waals surface area contributed by atoms with E-state index in [4.69, 9.17) is 4.74 Å². The van der Waals surface area contributed by atoms with Crippen LogP contribution in [0.3, 0.4) is 0 Å². The van der Waals surface area contributed by atoms with Crippen LogP contribution in [0.2, 0.25) is 0 Å². The highest BCUT2D eigenvalue weighted by molar-refractivity contribution is 7.14. The number of hydrogen-bond donors (Lipinski definition) is 1. The number of carbonyl (C=O) groups is 2. The molecule has 150 valence electrons. The van der Waals surface area contributed by atoms with Crippen molar-refractivity contribution in [1.29, 1.82) is 0 Å². The van der Waals surface area contributed by atoms with Crippen LogP contribution in [0.5, 0.6) is 5.75 Å². The van der Waals surface area contributed by atoms with Gasteiger partial charge in [-0.3, -0.25) is 14.5 Å². The third-order valence-electron chi connectivity index (χ3n) is 4.80. The molecule has 2 heterocycles. The standard InChI is InChI=1S/C20H26N4O3S/c1-23(2)16(15-7-4-5-8-17(15)27-3)12-21-18(25)11-14-13-28-20(22-14)24-10-6-9-19(24)26/h4-5,7-8,13,16H,6,9-12H2,1-3H3,(H,21,25). The van der Waals surface area contributed by atoms with E-state index in [0.29, 0.717) is 30.3 Å². The molecule has 1 saturated heterocycles. The fourth-order valence-electron chi connectivity index (χ4n) is 3.30. The van der Waals surface area contributed by atoms with Crippen LogP contribution in [0.15, 0.2) is 29.6 Å². The topological polar surface area (TPSA) is 74.8 Å². The summed E-state index contributed by atoms with van der Waals surface area (Å²) in [6, 6.07) is 7.82. The summed E-state index contributed by atoms with van der Waals surface area (Å²) in [5.41, 5.74) is 1.72. The molecule has 0 spiro atoms. The van der Waals surface area contributed by atoms with Gasteiger partial charge in [-0.2, -0.15) is 0 Å². The first-order chi connectivity index (χ1) is 13.5. The minimum Gasteiger partial charge on any atom is -0.496 e. The molecule has 0 bridgehead atoms. The van der Waals surface area contributed by atoms with E-state index in [2.05, 4.69) is 15.2 Å². The monoisotopic (exact) mass is 402 g/mol. The van der Waals surface area contributed by atoms with Crippen molar-refractivity contribution >= 4 is 28.3 Å². The molecule has 1 aromatic carbocycles. The molecule has 1 atom stereocenters. The molecule has 2 aromatic rings. The number of carbonyl (C=O) groups excluding carboxylic acids is 2. The molecular formula is C20H26N4O3S. The second-order valence-corrected chi connectivity index (χ2v) is 7.81. The lowest BCUT2D eigenvalue weighted by atomic mass is 10.0. The maximum absolute atomic E-state index is 12.4. The molecule has 3 rings (SSSR count). The number of anilines is 1. The number of nitrogens with one attached hydrogen (secondary N) is 1. The number of para-hydroxylation sites is 1. The molecule has 8 heteroatoms. The first kappa shape index (κ1) is 20.3. The summed E-state index contributed by atoms with van der Waals surface area (Å²) in [5.74, 6) is 0.817. The van der Waals surface area contributed by atoms with Crippen LogP contribution in [0.1, 0.15) is 30.1 Å². The predicted octanol–water partition coefficient (Wildman–Crippen LogP) is 2.24. The molecule has 1 fully saturated rings. The van der Waals surface area contributed by atoms with E-state index in [1.165, 1.54) is 11.3 Å². The summed E-state index contributed by atoms with van der Waals surface area (Å²) in [6.07, 6.45) is 1.64. The van der Waals surface area contributed by atoms with Crippen molar-refractivity contribution in [3.63, 3.8) is 0 Å². The quantitative estimate of drug-likeness (QED) is 0.733. The molecule has 0 radical (unpaired) electrons. The Hall–Kier alpha value is -2.45. The van der Waals surface area contributed by atoms with Crippen molar-refractivity contribution in [3.05, 3.63) is 40.9 Å². The van der Waals surface area contributed by atoms with Crippen molar-refractivity contribution in [2.45, 2.75) is 25.3 Å². The number of nitrogens with zero attached hydrogens (tertiary/aromatic N) is 3. The minimum atomic E-state index is -0.0913. The van der Waals surface area contributed by atoms with E-state index in [1.807, 2.05) is 43.7 Å². The second kappa shape index (κ2) is 9.16. The first-order valence-electron chi connectivity index (χ1n) is 9.30. The average Bonchev–Trinajstić information content (AvgIpc) is 3.30. The molecular weight excluding hydrogens is 376 g/mol. The molecule has 7 nitrogen and oxygen atoms in total. The van der Waals surface area contributed by atoms with Gasteiger partial charge in [0.2, 0.25) is 11.8 Å². The van der Waals surface area contributed by atoms with Crippen molar-refractivity contribution in [3.8, 4) is 5.75 Å². The van der Waals surface area contributed by atoms with Crippen molar-refractivity contribution < 1.29 is 14.3 Å². The molecule has 1 aromatic heterocycles. The van der Waals surface area contributed by atoms with Crippen LogP contribution < -0.4 is 15.0 Å². The lowest BCUT2D eigenvalue weighted by Gasteiger charge is -2.26. The molecule has 2 amide bonds. The Morgan fingerprint density at radius 3 is 2.86 bits per heavy atom. The summed E-state index contributed by atoms with van der Waals surface area (Å²) in [7, 11) is 5.60. The number of methoxy groups -OCH3 is 1. The Labute approximate surface area is 169 Å². The third-order valence-corrected chi connectivity index (χ3v) is 5.71. The van der Waals surface area contributed by atoms with Crippen LogP contribution in [0, 0.1) is 0 Å². The van der Waals surface area contributed by atoms with Crippen molar-refractivity contribution in [1.82, 2.24) is 15.2 Å². The predicted molar refractivity (Wildman–Crippen MR) is 110 cm³/mol. The Morgan fingerprint density at radius 2 is 2.18 bits per heavy atom. The highest BCUT2D eigenvalue weighted by atomic mass is 32.1. The number of likely N-dealkylation sites (N-methyl/N-ethyl adjacent to an activating group) is 1. The van der Waals surface area contributed by atoms with Crippen LogP contribution >= 0.6 is 11.3 Å². The van der Waals surface area contributed by atoms with Crippen molar-refractivity contribution in [2.75, 3.05) is 39.2 Å². The summed E-state index contributed by atoms with van der Waals surface area (Å²) in [4.78, 5) is 32.5. The zero-order valence-electron chi connectivity index (χ0n) is 16.5. The smallest absolute Gasteiger partial charge is 0.228 e. The minimum absolute atomic E-state index is 0.00619. The summed E-state index contributed by atoms with van der Waals surface area (Å²) >= 11 is 1.41. The lowest BCUT2D eigenvalue weighted by Crippen LogP contribution is -2.35. The molecule has 1 aliphatic rings. The van der Waals surface area contributed by atoms with Gasteiger partial charge in [0.25, 0.3) is 0 Å². The number of hydrogen-bond acceptors (Lipinski definition) is 6. The number of thiazole rings is 1. The summed E-state index contributed by atoms with van der Waals surface area (Å²) < 4.78 is 5.46. The summed E-state index contributed by atoms with van der Waals surface area (Å²) in [5, 5.41) is 5.53. The number of amides is 2. The Balaban J connectivity index is 1.59. The number of benzene rings is 1. The Kier molecular flexibility index (Phi) is 6.64. The molecule has 1 N–H and O–H groups in total. The van der Waals surface area contributed by atoms with Gasteiger partial charge in [0.1, 0.15) is 5.75 Å². The summed E-state index contributed by atoms with van der Waals surface area (Å²) in [6.45, 7) is 1.18. The van der Waals surface area contributed by atoms with Gasteiger partial charge < -0.3 is 15.0 Å². The fraction of sp³-hybridized carbons (Fsp3) is 0.450. The van der Waals surface area contributed by atoms with E-state index in [0.717, 1.165) is 17.7 Å². The van der Waals surface area contributed by atoms with Gasteiger partial charge >= 0.3 is 0 Å². The van der Waals surface area contributed by atoms with Crippen LogP contribution in [-0.4, -0.2) is 56.0 Å². The maximum Gasteiger partial charge on any atom is 0.228 e. The van der Waals surface area contributed by atoms with Gasteiger partial charge in [-0.05, 0) is 26.6 Å². The highest BCUT2D eigenvalue weighted by Gasteiger charge is 2.24. The number of rotatable bonds is 8. The van der Waals surface area contributed by atoms with Gasteiger partial charge in [0, 0.05) is 30.5 Å². The van der Waals surface area contributed by atoms with E-state index in [9.17, 15) is 9.59 Å². The van der Waals surface area contributed by atoms with Crippen LogP contribution in [0.25, 0.3) is 0 Å². The number of ether oxygens (including phenoxy) is 1. The van der Waals surface area contributed by atoms with Crippen LogP contribution in [0.4, 0.5) is 5.13 Å². The van der Waals surface area contributed by atoms with E-state index in [-0.39, 0.29) is 24.3 Å². The molecule has 1 aliphatic heterocycles. The van der Waals surface area contributed by atoms with E-state index >= 15 is 0 Å². The highest BCUT2D eigenvalue weighted by Crippen LogP contribution is 2.28. The molecule has 0 saturated carbocycles. The second-order valence-electron chi connectivity index (χ2n) is 6.97. The maximum atomic E-state index is 12.4. The molecule has 28 heavy (non-hydrogen) atoms.